The number of amides is 1. The number of carbonyl (C=O) groups is 1. The second-order valence-corrected chi connectivity index (χ2v) is 5.60. The summed E-state index contributed by atoms with van der Waals surface area (Å²) in [5.74, 6) is 0.0467. The SMILES string of the molecule is CC(C)OCCCNC(=O)C1CC(c2ccccc2)NN1. The zero-order chi connectivity index (χ0) is 15.1. The Morgan fingerprint density at radius 1 is 1.33 bits per heavy atom. The smallest absolute Gasteiger partial charge is 0.238 e. The van der Waals surface area contributed by atoms with Crippen LogP contribution in [0.2, 0.25) is 0 Å². The van der Waals surface area contributed by atoms with Gasteiger partial charge in [0.05, 0.1) is 6.10 Å². The Morgan fingerprint density at radius 2 is 2.10 bits per heavy atom. The molecule has 2 rings (SSSR count). The summed E-state index contributed by atoms with van der Waals surface area (Å²) in [6.07, 6.45) is 1.85. The van der Waals surface area contributed by atoms with Crippen LogP contribution in [0.4, 0.5) is 0 Å². The molecule has 116 valence electrons. The highest BCUT2D eigenvalue weighted by molar-refractivity contribution is 5.82. The Bertz CT molecular complexity index is 436. The minimum absolute atomic E-state index is 0.0467. The summed E-state index contributed by atoms with van der Waals surface area (Å²) in [5, 5.41) is 2.95. The Labute approximate surface area is 126 Å². The van der Waals surface area contributed by atoms with E-state index in [4.69, 9.17) is 4.74 Å². The monoisotopic (exact) mass is 291 g/mol. The van der Waals surface area contributed by atoms with Crippen LogP contribution in [0.15, 0.2) is 30.3 Å². The first kappa shape index (κ1) is 15.9. The molecule has 0 bridgehead atoms. The van der Waals surface area contributed by atoms with Crippen LogP contribution in [0, 0.1) is 0 Å². The quantitative estimate of drug-likeness (QED) is 0.667. The molecule has 1 aliphatic rings. The fraction of sp³-hybridized carbons (Fsp3) is 0.562. The molecule has 0 radical (unpaired) electrons. The van der Waals surface area contributed by atoms with Crippen molar-refractivity contribution in [2.75, 3.05) is 13.2 Å². The van der Waals surface area contributed by atoms with Gasteiger partial charge in [0.15, 0.2) is 0 Å². The van der Waals surface area contributed by atoms with Gasteiger partial charge >= 0.3 is 0 Å². The summed E-state index contributed by atoms with van der Waals surface area (Å²) in [6.45, 7) is 5.35. The van der Waals surface area contributed by atoms with Crippen molar-refractivity contribution in [1.82, 2.24) is 16.2 Å². The Balaban J connectivity index is 1.68. The number of hydrogen-bond donors (Lipinski definition) is 3. The minimum Gasteiger partial charge on any atom is -0.379 e. The Morgan fingerprint density at radius 3 is 2.81 bits per heavy atom. The van der Waals surface area contributed by atoms with Gasteiger partial charge in [-0.25, -0.2) is 10.9 Å². The number of hydrazine groups is 1. The molecule has 3 N–H and O–H groups in total. The lowest BCUT2D eigenvalue weighted by molar-refractivity contribution is -0.122. The van der Waals surface area contributed by atoms with E-state index in [2.05, 4.69) is 28.3 Å². The number of nitrogens with one attached hydrogen (secondary N) is 3. The summed E-state index contributed by atoms with van der Waals surface area (Å²) in [5.41, 5.74) is 7.46. The van der Waals surface area contributed by atoms with Gasteiger partial charge in [-0.05, 0) is 32.3 Å². The number of hydrogen-bond acceptors (Lipinski definition) is 4. The molecule has 1 saturated heterocycles. The maximum Gasteiger partial charge on any atom is 0.238 e. The molecule has 1 fully saturated rings. The Hall–Kier alpha value is -1.43. The average molecular weight is 291 g/mol. The fourth-order valence-electron chi connectivity index (χ4n) is 2.36. The molecule has 1 aliphatic heterocycles. The van der Waals surface area contributed by atoms with Crippen LogP contribution in [-0.4, -0.2) is 31.2 Å². The molecule has 1 heterocycles. The van der Waals surface area contributed by atoms with Gasteiger partial charge in [-0.3, -0.25) is 4.79 Å². The van der Waals surface area contributed by atoms with E-state index in [1.165, 1.54) is 5.56 Å². The first-order valence-electron chi connectivity index (χ1n) is 7.62. The van der Waals surface area contributed by atoms with Crippen molar-refractivity contribution >= 4 is 5.91 Å². The highest BCUT2D eigenvalue weighted by Crippen LogP contribution is 2.21. The van der Waals surface area contributed by atoms with E-state index >= 15 is 0 Å². The van der Waals surface area contributed by atoms with Crippen LogP contribution >= 0.6 is 0 Å². The second kappa shape index (κ2) is 8.12. The van der Waals surface area contributed by atoms with E-state index < -0.39 is 0 Å². The molecule has 5 nitrogen and oxygen atoms in total. The predicted octanol–water partition coefficient (Wildman–Crippen LogP) is 1.53. The fourth-order valence-corrected chi connectivity index (χ4v) is 2.36. The number of ether oxygens (including phenoxy) is 1. The Kier molecular flexibility index (Phi) is 6.17. The molecule has 0 aliphatic carbocycles. The lowest BCUT2D eigenvalue weighted by Gasteiger charge is -2.11. The molecule has 1 aromatic rings. The van der Waals surface area contributed by atoms with E-state index in [9.17, 15) is 4.79 Å². The van der Waals surface area contributed by atoms with Crippen LogP contribution in [0.3, 0.4) is 0 Å². The van der Waals surface area contributed by atoms with Crippen molar-refractivity contribution in [1.29, 1.82) is 0 Å². The number of rotatable bonds is 7. The van der Waals surface area contributed by atoms with Crippen molar-refractivity contribution in [2.45, 2.75) is 44.9 Å². The molecule has 1 aromatic carbocycles. The zero-order valence-electron chi connectivity index (χ0n) is 12.8. The normalized spacial score (nSPS) is 21.7. The number of benzene rings is 1. The first-order chi connectivity index (χ1) is 10.2. The summed E-state index contributed by atoms with van der Waals surface area (Å²) < 4.78 is 5.44. The molecule has 0 aromatic heterocycles. The van der Waals surface area contributed by atoms with Crippen molar-refractivity contribution in [2.24, 2.45) is 0 Å². The highest BCUT2D eigenvalue weighted by atomic mass is 16.5. The maximum absolute atomic E-state index is 12.1. The molecule has 0 spiro atoms. The van der Waals surface area contributed by atoms with Gasteiger partial charge in [0.1, 0.15) is 6.04 Å². The molecule has 2 atom stereocenters. The summed E-state index contributed by atoms with van der Waals surface area (Å²) in [7, 11) is 0. The van der Waals surface area contributed by atoms with Gasteiger partial charge in [0.2, 0.25) is 5.91 Å². The van der Waals surface area contributed by atoms with Crippen LogP contribution in [-0.2, 0) is 9.53 Å². The molecular formula is C16H25N3O2. The van der Waals surface area contributed by atoms with Crippen LogP contribution in [0.1, 0.15) is 38.3 Å². The van der Waals surface area contributed by atoms with Crippen LogP contribution in [0.25, 0.3) is 0 Å². The highest BCUT2D eigenvalue weighted by Gasteiger charge is 2.29. The third-order valence-corrected chi connectivity index (χ3v) is 3.49. The number of carbonyl (C=O) groups excluding carboxylic acids is 1. The molecule has 1 amide bonds. The van der Waals surface area contributed by atoms with Gasteiger partial charge in [-0.1, -0.05) is 30.3 Å². The molecule has 5 heteroatoms. The van der Waals surface area contributed by atoms with Gasteiger partial charge < -0.3 is 10.1 Å². The third-order valence-electron chi connectivity index (χ3n) is 3.49. The van der Waals surface area contributed by atoms with Crippen LogP contribution in [0.5, 0.6) is 0 Å². The first-order valence-corrected chi connectivity index (χ1v) is 7.62. The topological polar surface area (TPSA) is 62.4 Å². The van der Waals surface area contributed by atoms with E-state index in [1.807, 2.05) is 32.0 Å². The van der Waals surface area contributed by atoms with Crippen molar-refractivity contribution in [3.8, 4) is 0 Å². The second-order valence-electron chi connectivity index (χ2n) is 5.60. The van der Waals surface area contributed by atoms with E-state index in [0.29, 0.717) is 13.2 Å². The van der Waals surface area contributed by atoms with Gasteiger partial charge in [0, 0.05) is 19.2 Å². The standard InChI is InChI=1S/C16H25N3O2/c1-12(2)21-10-6-9-17-16(20)15-11-14(18-19-15)13-7-4-3-5-8-13/h3-5,7-8,12,14-15,18-19H,6,9-11H2,1-2H3,(H,17,20). The summed E-state index contributed by atoms with van der Waals surface area (Å²) in [6, 6.07) is 10.2. The molecular weight excluding hydrogens is 266 g/mol. The van der Waals surface area contributed by atoms with Crippen LogP contribution < -0.4 is 16.2 Å². The van der Waals surface area contributed by atoms with Gasteiger partial charge in [-0.15, -0.1) is 0 Å². The average Bonchev–Trinajstić information content (AvgIpc) is 2.97. The van der Waals surface area contributed by atoms with E-state index in [1.54, 1.807) is 0 Å². The third kappa shape index (κ3) is 5.12. The van der Waals surface area contributed by atoms with Gasteiger partial charge in [-0.2, -0.15) is 0 Å². The van der Waals surface area contributed by atoms with Crippen molar-refractivity contribution < 1.29 is 9.53 Å². The largest absolute Gasteiger partial charge is 0.379 e. The summed E-state index contributed by atoms with van der Waals surface area (Å²) >= 11 is 0. The summed E-state index contributed by atoms with van der Waals surface area (Å²) in [4.78, 5) is 12.1. The lowest BCUT2D eigenvalue weighted by Crippen LogP contribution is -2.43. The minimum atomic E-state index is -0.179. The molecule has 0 saturated carbocycles. The lowest BCUT2D eigenvalue weighted by atomic mass is 10.0. The van der Waals surface area contributed by atoms with E-state index in [0.717, 1.165) is 12.8 Å². The molecule has 21 heavy (non-hydrogen) atoms. The van der Waals surface area contributed by atoms with Crippen molar-refractivity contribution in [3.05, 3.63) is 35.9 Å². The van der Waals surface area contributed by atoms with E-state index in [-0.39, 0.29) is 24.1 Å². The zero-order valence-corrected chi connectivity index (χ0v) is 12.8. The van der Waals surface area contributed by atoms with Crippen molar-refractivity contribution in [3.63, 3.8) is 0 Å². The predicted molar refractivity (Wildman–Crippen MR) is 82.6 cm³/mol. The maximum atomic E-state index is 12.1. The molecule has 2 unspecified atom stereocenters. The van der Waals surface area contributed by atoms with Gasteiger partial charge in [0.25, 0.3) is 0 Å².